The van der Waals surface area contributed by atoms with Crippen molar-refractivity contribution in [1.82, 2.24) is 0 Å². The van der Waals surface area contributed by atoms with Gasteiger partial charge in [0.05, 0.1) is 13.7 Å². The lowest BCUT2D eigenvalue weighted by Crippen LogP contribution is -1.98. The van der Waals surface area contributed by atoms with Gasteiger partial charge >= 0.3 is 5.97 Å². The van der Waals surface area contributed by atoms with Gasteiger partial charge < -0.3 is 14.6 Å². The second kappa shape index (κ2) is 7.83. The van der Waals surface area contributed by atoms with E-state index in [9.17, 15) is 4.79 Å². The molecule has 100 valence electrons. The number of ether oxygens (including phenoxy) is 2. The Morgan fingerprint density at radius 3 is 2.89 bits per heavy atom. The molecule has 0 atom stereocenters. The van der Waals surface area contributed by atoms with Crippen molar-refractivity contribution in [2.75, 3.05) is 13.7 Å². The zero-order chi connectivity index (χ0) is 14.1. The first kappa shape index (κ1) is 14.7. The fraction of sp³-hybridized carbons (Fsp3) is 0.267. The van der Waals surface area contributed by atoms with E-state index in [1.54, 1.807) is 32.2 Å². The summed E-state index contributed by atoms with van der Waals surface area (Å²) in [6.45, 7) is 2.23. The summed E-state index contributed by atoms with van der Waals surface area (Å²) in [5.74, 6) is 5.93. The van der Waals surface area contributed by atoms with E-state index in [4.69, 9.17) is 14.6 Å². The van der Waals surface area contributed by atoms with Crippen LogP contribution in [0.5, 0.6) is 11.5 Å². The van der Waals surface area contributed by atoms with E-state index in [1.807, 2.05) is 0 Å². The van der Waals surface area contributed by atoms with Crippen LogP contribution in [-0.2, 0) is 4.79 Å². The molecule has 19 heavy (non-hydrogen) atoms. The minimum Gasteiger partial charge on any atom is -0.497 e. The van der Waals surface area contributed by atoms with Gasteiger partial charge in [0.2, 0.25) is 0 Å². The zero-order valence-electron chi connectivity index (χ0n) is 11.0. The van der Waals surface area contributed by atoms with Crippen molar-refractivity contribution in [3.8, 4) is 23.3 Å². The highest BCUT2D eigenvalue weighted by molar-refractivity contribution is 5.86. The molecule has 1 aromatic rings. The highest BCUT2D eigenvalue weighted by Crippen LogP contribution is 2.25. The van der Waals surface area contributed by atoms with Crippen molar-refractivity contribution in [1.29, 1.82) is 0 Å². The first-order valence-corrected chi connectivity index (χ1v) is 5.79. The molecule has 0 radical (unpaired) electrons. The van der Waals surface area contributed by atoms with Gasteiger partial charge in [-0.25, -0.2) is 4.79 Å². The molecule has 0 bridgehead atoms. The molecular formula is C15H16O4. The van der Waals surface area contributed by atoms with Crippen LogP contribution < -0.4 is 9.47 Å². The van der Waals surface area contributed by atoms with E-state index >= 15 is 0 Å². The van der Waals surface area contributed by atoms with Crippen molar-refractivity contribution in [2.24, 2.45) is 0 Å². The van der Waals surface area contributed by atoms with E-state index in [0.29, 0.717) is 30.1 Å². The molecule has 1 N–H and O–H groups in total. The van der Waals surface area contributed by atoms with Gasteiger partial charge in [-0.15, -0.1) is 11.8 Å². The van der Waals surface area contributed by atoms with E-state index in [1.165, 1.54) is 6.08 Å². The fourth-order valence-electron chi connectivity index (χ4n) is 1.41. The molecule has 1 aromatic carbocycles. The molecule has 0 saturated carbocycles. The van der Waals surface area contributed by atoms with Crippen molar-refractivity contribution in [3.05, 3.63) is 29.8 Å². The number of hydrogen-bond acceptors (Lipinski definition) is 3. The van der Waals surface area contributed by atoms with Crippen LogP contribution in [0.1, 0.15) is 18.9 Å². The molecule has 0 saturated heterocycles. The van der Waals surface area contributed by atoms with Crippen LogP contribution in [0.3, 0.4) is 0 Å². The third-order valence-electron chi connectivity index (χ3n) is 2.28. The maximum absolute atomic E-state index is 10.6. The standard InChI is InChI=1S/C15H16O4/c1-3-4-5-10-19-14-8-7-13(18-2)11-12(14)6-9-15(16)17/h6-9,11H,5,10H2,1-2H3,(H,16,17)/b9-6+. The van der Waals surface area contributed by atoms with Gasteiger partial charge in [-0.05, 0) is 31.2 Å². The number of aliphatic carboxylic acids is 1. The van der Waals surface area contributed by atoms with E-state index < -0.39 is 5.97 Å². The van der Waals surface area contributed by atoms with Gasteiger partial charge in [0.1, 0.15) is 11.5 Å². The molecule has 0 fully saturated rings. The number of carbonyl (C=O) groups is 1. The second-order valence-electron chi connectivity index (χ2n) is 3.60. The number of rotatable bonds is 6. The molecule has 0 amide bonds. The minimum absolute atomic E-state index is 0.459. The predicted molar refractivity (Wildman–Crippen MR) is 73.2 cm³/mol. The Bertz CT molecular complexity index is 521. The Hall–Kier alpha value is -2.41. The van der Waals surface area contributed by atoms with Gasteiger partial charge in [0.15, 0.2) is 0 Å². The molecule has 0 aromatic heterocycles. The van der Waals surface area contributed by atoms with Gasteiger partial charge in [0, 0.05) is 18.1 Å². The van der Waals surface area contributed by atoms with Crippen LogP contribution in [0.25, 0.3) is 6.08 Å². The van der Waals surface area contributed by atoms with E-state index in [2.05, 4.69) is 11.8 Å². The Morgan fingerprint density at radius 2 is 2.26 bits per heavy atom. The molecular weight excluding hydrogens is 244 g/mol. The number of carboxylic acid groups (broad SMARTS) is 1. The lowest BCUT2D eigenvalue weighted by atomic mass is 10.1. The SMILES string of the molecule is CC#CCCOc1ccc(OC)cc1/C=C/C(=O)O. The van der Waals surface area contributed by atoms with Crippen molar-refractivity contribution in [2.45, 2.75) is 13.3 Å². The normalized spacial score (nSPS) is 9.79. The third kappa shape index (κ3) is 5.17. The second-order valence-corrected chi connectivity index (χ2v) is 3.60. The van der Waals surface area contributed by atoms with Gasteiger partial charge in [0.25, 0.3) is 0 Å². The zero-order valence-corrected chi connectivity index (χ0v) is 11.0. The highest BCUT2D eigenvalue weighted by Gasteiger charge is 2.03. The largest absolute Gasteiger partial charge is 0.497 e. The molecule has 4 nitrogen and oxygen atoms in total. The first-order valence-electron chi connectivity index (χ1n) is 5.79. The number of hydrogen-bond donors (Lipinski definition) is 1. The van der Waals surface area contributed by atoms with Crippen LogP contribution in [-0.4, -0.2) is 24.8 Å². The maximum Gasteiger partial charge on any atom is 0.328 e. The summed E-state index contributed by atoms with van der Waals surface area (Å²) in [6.07, 6.45) is 3.17. The smallest absolute Gasteiger partial charge is 0.328 e. The fourth-order valence-corrected chi connectivity index (χ4v) is 1.41. The molecule has 0 unspecified atom stereocenters. The van der Waals surface area contributed by atoms with Crippen molar-refractivity contribution < 1.29 is 19.4 Å². The van der Waals surface area contributed by atoms with Crippen LogP contribution in [0.2, 0.25) is 0 Å². The van der Waals surface area contributed by atoms with E-state index in [-0.39, 0.29) is 0 Å². The van der Waals surface area contributed by atoms with Gasteiger partial charge in [-0.1, -0.05) is 0 Å². The average Bonchev–Trinajstić information content (AvgIpc) is 2.42. The molecule has 1 rings (SSSR count). The molecule has 4 heteroatoms. The van der Waals surface area contributed by atoms with E-state index in [0.717, 1.165) is 6.08 Å². The Morgan fingerprint density at radius 1 is 1.47 bits per heavy atom. The molecule has 0 heterocycles. The topological polar surface area (TPSA) is 55.8 Å². The summed E-state index contributed by atoms with van der Waals surface area (Å²) in [7, 11) is 1.55. The lowest BCUT2D eigenvalue weighted by molar-refractivity contribution is -0.131. The van der Waals surface area contributed by atoms with Crippen LogP contribution in [0.4, 0.5) is 0 Å². The average molecular weight is 260 g/mol. The number of benzene rings is 1. The molecule has 0 aliphatic carbocycles. The summed E-state index contributed by atoms with van der Waals surface area (Å²) in [6, 6.07) is 5.24. The Balaban J connectivity index is 2.87. The Labute approximate surface area is 112 Å². The quantitative estimate of drug-likeness (QED) is 0.485. The molecule has 0 aliphatic heterocycles. The number of carboxylic acids is 1. The Kier molecular flexibility index (Phi) is 6.04. The highest BCUT2D eigenvalue weighted by atomic mass is 16.5. The summed E-state index contributed by atoms with van der Waals surface area (Å²) in [5, 5.41) is 8.66. The summed E-state index contributed by atoms with van der Waals surface area (Å²) in [5.41, 5.74) is 0.659. The van der Waals surface area contributed by atoms with Gasteiger partial charge in [-0.2, -0.15) is 0 Å². The molecule has 0 spiro atoms. The summed E-state index contributed by atoms with van der Waals surface area (Å²) >= 11 is 0. The van der Waals surface area contributed by atoms with Crippen LogP contribution in [0.15, 0.2) is 24.3 Å². The molecule has 0 aliphatic rings. The minimum atomic E-state index is -1.01. The third-order valence-corrected chi connectivity index (χ3v) is 2.28. The number of methoxy groups -OCH3 is 1. The van der Waals surface area contributed by atoms with Crippen LogP contribution >= 0.6 is 0 Å². The lowest BCUT2D eigenvalue weighted by Gasteiger charge is -2.09. The monoisotopic (exact) mass is 260 g/mol. The van der Waals surface area contributed by atoms with Gasteiger partial charge in [-0.3, -0.25) is 0 Å². The predicted octanol–water partition coefficient (Wildman–Crippen LogP) is 2.59. The maximum atomic E-state index is 10.6. The summed E-state index contributed by atoms with van der Waals surface area (Å²) < 4.78 is 10.7. The first-order chi connectivity index (χ1) is 9.17. The van der Waals surface area contributed by atoms with Crippen LogP contribution in [0, 0.1) is 11.8 Å². The summed E-state index contributed by atoms with van der Waals surface area (Å²) in [4.78, 5) is 10.6. The van der Waals surface area contributed by atoms with Crippen molar-refractivity contribution >= 4 is 12.0 Å². The van der Waals surface area contributed by atoms with Crippen molar-refractivity contribution in [3.63, 3.8) is 0 Å².